The number of aliphatic hydroxyl groups is 2. The molecule has 49 heavy (non-hydrogen) atoms. The van der Waals surface area contributed by atoms with E-state index < -0.39 is 40.0 Å². The third kappa shape index (κ3) is 35.0. The van der Waals surface area contributed by atoms with Crippen molar-refractivity contribution in [2.24, 2.45) is 0 Å². The first-order valence-electron chi connectivity index (χ1n) is 20.6. The van der Waals surface area contributed by atoms with Gasteiger partial charge in [0.15, 0.2) is 0 Å². The van der Waals surface area contributed by atoms with Crippen LogP contribution in [0, 0.1) is 0 Å². The number of allylic oxidation sites excluding steroid dienone is 3. The summed E-state index contributed by atoms with van der Waals surface area (Å²) in [5.74, 6) is -1.54. The topological polar surface area (TPSA) is 124 Å². The molecule has 3 unspecified atom stereocenters. The molecule has 0 rings (SSSR count). The number of amides is 1. The summed E-state index contributed by atoms with van der Waals surface area (Å²) in [5, 5.41) is 23.3. The van der Waals surface area contributed by atoms with E-state index in [4.69, 9.17) is 0 Å². The van der Waals surface area contributed by atoms with Crippen molar-refractivity contribution < 1.29 is 28.0 Å². The highest BCUT2D eigenvalue weighted by atomic mass is 32.2. The van der Waals surface area contributed by atoms with Crippen LogP contribution in [0.4, 0.5) is 0 Å². The Morgan fingerprint density at radius 2 is 0.898 bits per heavy atom. The van der Waals surface area contributed by atoms with Crippen LogP contribution in [0.15, 0.2) is 24.3 Å². The van der Waals surface area contributed by atoms with Gasteiger partial charge in [-0.25, -0.2) is 0 Å². The smallest absolute Gasteiger partial charge is 0.267 e. The lowest BCUT2D eigenvalue weighted by atomic mass is 10.0. The largest absolute Gasteiger partial charge is 0.387 e. The minimum Gasteiger partial charge on any atom is -0.387 e. The summed E-state index contributed by atoms with van der Waals surface area (Å²) < 4.78 is 32.5. The number of unbranched alkanes of at least 4 members (excludes halogenated alkanes) is 26. The second-order valence-corrected chi connectivity index (χ2v) is 15.9. The van der Waals surface area contributed by atoms with Crippen molar-refractivity contribution >= 4 is 16.0 Å². The van der Waals surface area contributed by atoms with E-state index in [1.807, 2.05) is 0 Å². The SMILES string of the molecule is CCCCC/C=C\CCCCCCC(O)C(=O)NC(CS(=O)(=O)O)C(O)/C=C/CCCCCCCCCCCCCCCCCCCCC. The molecule has 0 aromatic heterocycles. The number of carbonyl (C=O) groups is 1. The van der Waals surface area contributed by atoms with E-state index in [1.165, 1.54) is 134 Å². The molecule has 0 aromatic carbocycles. The van der Waals surface area contributed by atoms with Crippen LogP contribution < -0.4 is 5.32 Å². The van der Waals surface area contributed by atoms with Crippen LogP contribution >= 0.6 is 0 Å². The number of rotatable bonds is 37. The second-order valence-electron chi connectivity index (χ2n) is 14.4. The van der Waals surface area contributed by atoms with E-state index in [2.05, 4.69) is 31.3 Å². The summed E-state index contributed by atoms with van der Waals surface area (Å²) in [5.41, 5.74) is 0. The van der Waals surface area contributed by atoms with E-state index in [0.29, 0.717) is 6.42 Å². The molecular weight excluding hydrogens is 635 g/mol. The quantitative estimate of drug-likeness (QED) is 0.0289. The molecule has 0 spiro atoms. The molecule has 0 aliphatic carbocycles. The van der Waals surface area contributed by atoms with Crippen LogP contribution in [0.2, 0.25) is 0 Å². The molecule has 0 aromatic rings. The molecule has 290 valence electrons. The second kappa shape index (κ2) is 35.2. The average Bonchev–Trinajstić information content (AvgIpc) is 3.06. The molecule has 0 aliphatic rings. The molecule has 0 bridgehead atoms. The molecule has 7 nitrogen and oxygen atoms in total. The zero-order chi connectivity index (χ0) is 36.3. The van der Waals surface area contributed by atoms with Gasteiger partial charge < -0.3 is 15.5 Å². The maximum absolute atomic E-state index is 12.5. The van der Waals surface area contributed by atoms with Crippen LogP contribution in [0.5, 0.6) is 0 Å². The van der Waals surface area contributed by atoms with Crippen molar-refractivity contribution in [3.63, 3.8) is 0 Å². The molecule has 1 amide bonds. The van der Waals surface area contributed by atoms with Gasteiger partial charge in [0.25, 0.3) is 10.1 Å². The van der Waals surface area contributed by atoms with Crippen molar-refractivity contribution in [1.82, 2.24) is 5.32 Å². The number of hydrogen-bond acceptors (Lipinski definition) is 5. The molecule has 0 aliphatic heterocycles. The van der Waals surface area contributed by atoms with E-state index in [-0.39, 0.29) is 6.42 Å². The van der Waals surface area contributed by atoms with Gasteiger partial charge in [-0.1, -0.05) is 186 Å². The molecule has 8 heteroatoms. The van der Waals surface area contributed by atoms with Crippen molar-refractivity contribution in [1.29, 1.82) is 0 Å². The van der Waals surface area contributed by atoms with Gasteiger partial charge in [-0.3, -0.25) is 9.35 Å². The molecular formula is C41H79NO6S. The maximum atomic E-state index is 12.5. The first kappa shape index (κ1) is 47.8. The molecule has 0 saturated heterocycles. The number of aliphatic hydroxyl groups excluding tert-OH is 2. The average molecular weight is 714 g/mol. The van der Waals surface area contributed by atoms with Crippen LogP contribution in [-0.4, -0.2) is 53.1 Å². The fraction of sp³-hybridized carbons (Fsp3) is 0.878. The van der Waals surface area contributed by atoms with Crippen molar-refractivity contribution in [3.05, 3.63) is 24.3 Å². The molecule has 4 N–H and O–H groups in total. The zero-order valence-corrected chi connectivity index (χ0v) is 32.8. The number of nitrogens with one attached hydrogen (secondary N) is 1. The maximum Gasteiger partial charge on any atom is 0.267 e. The number of hydrogen-bond donors (Lipinski definition) is 4. The Morgan fingerprint density at radius 3 is 1.33 bits per heavy atom. The Hall–Kier alpha value is -1.22. The fourth-order valence-corrected chi connectivity index (χ4v) is 7.01. The highest BCUT2D eigenvalue weighted by molar-refractivity contribution is 7.85. The summed E-state index contributed by atoms with van der Waals surface area (Å²) in [6, 6.07) is -1.23. The standard InChI is InChI=1S/C41H79NO6S/c1-3-5-7-9-11-13-15-16-17-18-19-20-21-22-23-24-26-27-29-31-33-35-39(43)38(37-49(46,47)48)42-41(45)40(44)36-34-32-30-28-25-14-12-10-8-6-4-2/h12,14,33,35,38-40,43-44H,3-11,13,15-32,34,36-37H2,1-2H3,(H,42,45)(H,46,47,48)/b14-12-,35-33+. The highest BCUT2D eigenvalue weighted by Crippen LogP contribution is 2.15. The minimum atomic E-state index is -4.44. The van der Waals surface area contributed by atoms with Gasteiger partial charge in [0.05, 0.1) is 17.9 Å². The predicted molar refractivity (Wildman–Crippen MR) is 208 cm³/mol. The molecule has 0 heterocycles. The fourth-order valence-electron chi connectivity index (χ4n) is 6.27. The lowest BCUT2D eigenvalue weighted by Crippen LogP contribution is -2.50. The summed E-state index contributed by atoms with van der Waals surface area (Å²) in [4.78, 5) is 12.5. The van der Waals surface area contributed by atoms with Crippen molar-refractivity contribution in [2.75, 3.05) is 5.75 Å². The molecule has 3 atom stereocenters. The third-order valence-corrected chi connectivity index (χ3v) is 10.3. The first-order chi connectivity index (χ1) is 23.7. The summed E-state index contributed by atoms with van der Waals surface area (Å²) in [7, 11) is -4.44. The Balaban J connectivity index is 3.98. The predicted octanol–water partition coefficient (Wildman–Crippen LogP) is 10.9. The van der Waals surface area contributed by atoms with Crippen molar-refractivity contribution in [2.45, 2.75) is 225 Å². The van der Waals surface area contributed by atoms with E-state index in [1.54, 1.807) is 6.08 Å². The minimum absolute atomic E-state index is 0.266. The molecule has 0 fully saturated rings. The monoisotopic (exact) mass is 714 g/mol. The summed E-state index contributed by atoms with van der Waals surface area (Å²) in [6.45, 7) is 4.48. The number of carbonyl (C=O) groups excluding carboxylic acids is 1. The van der Waals surface area contributed by atoms with Gasteiger partial charge in [0.1, 0.15) is 6.10 Å². The van der Waals surface area contributed by atoms with E-state index in [0.717, 1.165) is 51.4 Å². The van der Waals surface area contributed by atoms with Gasteiger partial charge >= 0.3 is 0 Å². The van der Waals surface area contributed by atoms with Gasteiger partial charge in [-0.05, 0) is 44.9 Å². The Labute approximate surface area is 303 Å². The normalized spacial score (nSPS) is 14.1. The van der Waals surface area contributed by atoms with Gasteiger partial charge in [-0.15, -0.1) is 0 Å². The van der Waals surface area contributed by atoms with Gasteiger partial charge in [0, 0.05) is 0 Å². The lowest BCUT2D eigenvalue weighted by molar-refractivity contribution is -0.130. The van der Waals surface area contributed by atoms with E-state index in [9.17, 15) is 28.0 Å². The van der Waals surface area contributed by atoms with Crippen LogP contribution in [-0.2, 0) is 14.9 Å². The highest BCUT2D eigenvalue weighted by Gasteiger charge is 2.27. The van der Waals surface area contributed by atoms with Gasteiger partial charge in [0.2, 0.25) is 5.91 Å². The van der Waals surface area contributed by atoms with Crippen molar-refractivity contribution in [3.8, 4) is 0 Å². The zero-order valence-electron chi connectivity index (χ0n) is 31.9. The Kier molecular flexibility index (Phi) is 34.3. The third-order valence-electron chi connectivity index (χ3n) is 9.48. The Bertz CT molecular complexity index is 890. The first-order valence-corrected chi connectivity index (χ1v) is 22.3. The van der Waals surface area contributed by atoms with Crippen LogP contribution in [0.3, 0.4) is 0 Å². The van der Waals surface area contributed by atoms with Gasteiger partial charge in [-0.2, -0.15) is 8.42 Å². The van der Waals surface area contributed by atoms with Crippen LogP contribution in [0.1, 0.15) is 206 Å². The Morgan fingerprint density at radius 1 is 0.551 bits per heavy atom. The summed E-state index contributed by atoms with van der Waals surface area (Å²) >= 11 is 0. The lowest BCUT2D eigenvalue weighted by Gasteiger charge is -2.22. The van der Waals surface area contributed by atoms with Crippen LogP contribution in [0.25, 0.3) is 0 Å². The van der Waals surface area contributed by atoms with E-state index >= 15 is 0 Å². The molecule has 0 saturated carbocycles. The molecule has 0 radical (unpaired) electrons. The summed E-state index contributed by atoms with van der Waals surface area (Å²) in [6.07, 6.45) is 41.0.